The van der Waals surface area contributed by atoms with Gasteiger partial charge in [0.25, 0.3) is 0 Å². The number of Topliss-reactive ketones (excluding diaryl/α,β-unsaturated/α-hetero) is 1. The van der Waals surface area contributed by atoms with Crippen LogP contribution in [0, 0.1) is 34.5 Å². The van der Waals surface area contributed by atoms with Crippen molar-refractivity contribution in [2.75, 3.05) is 6.61 Å². The normalized spacial score (nSPS) is 47.6. The first-order chi connectivity index (χ1) is 14.9. The molecular formula is C25H39NO6. The predicted molar refractivity (Wildman–Crippen MR) is 117 cm³/mol. The molecule has 4 saturated carbocycles. The summed E-state index contributed by atoms with van der Waals surface area (Å²) in [5.74, 6) is 0.0589. The fraction of sp³-hybridized carbons (Fsp3) is 0.880. The molecule has 4 aliphatic rings. The Hall–Kier alpha value is -1.47. The van der Waals surface area contributed by atoms with Crippen LogP contribution in [0.25, 0.3) is 0 Å². The highest BCUT2D eigenvalue weighted by atomic mass is 16.5. The van der Waals surface area contributed by atoms with E-state index in [0.717, 1.165) is 38.5 Å². The zero-order chi connectivity index (χ0) is 23.5. The maximum atomic E-state index is 13.0. The Morgan fingerprint density at radius 3 is 2.44 bits per heavy atom. The number of aliphatic hydroxyl groups is 2. The van der Waals surface area contributed by atoms with Crippen LogP contribution < -0.4 is 5.32 Å². The second-order valence-corrected chi connectivity index (χ2v) is 11.5. The summed E-state index contributed by atoms with van der Waals surface area (Å²) in [5, 5.41) is 26.1. The molecular weight excluding hydrogens is 410 g/mol. The van der Waals surface area contributed by atoms with Gasteiger partial charge in [-0.1, -0.05) is 13.8 Å². The van der Waals surface area contributed by atoms with Crippen molar-refractivity contribution in [1.29, 1.82) is 0 Å². The van der Waals surface area contributed by atoms with Crippen molar-refractivity contribution < 1.29 is 29.3 Å². The number of carbonyl (C=O) groups is 3. The zero-order valence-electron chi connectivity index (χ0n) is 19.9. The molecule has 32 heavy (non-hydrogen) atoms. The average molecular weight is 450 g/mol. The number of hydrogen-bond donors (Lipinski definition) is 3. The van der Waals surface area contributed by atoms with Gasteiger partial charge >= 0.3 is 5.97 Å². The lowest BCUT2D eigenvalue weighted by atomic mass is 9.43. The average Bonchev–Trinajstić information content (AvgIpc) is 2.97. The van der Waals surface area contributed by atoms with Gasteiger partial charge in [0.05, 0.1) is 6.10 Å². The number of rotatable bonds is 4. The first-order valence-electron chi connectivity index (χ1n) is 12.3. The summed E-state index contributed by atoms with van der Waals surface area (Å²) >= 11 is 0. The molecule has 7 nitrogen and oxygen atoms in total. The number of aliphatic hydroxyl groups excluding tert-OH is 1. The molecule has 5 unspecified atom stereocenters. The molecule has 0 spiro atoms. The molecule has 4 fully saturated rings. The third-order valence-corrected chi connectivity index (χ3v) is 10.0. The molecule has 4 rings (SSSR count). The molecule has 0 bridgehead atoms. The fourth-order valence-electron chi connectivity index (χ4n) is 8.55. The van der Waals surface area contributed by atoms with E-state index in [-0.39, 0.29) is 35.1 Å². The van der Waals surface area contributed by atoms with Crippen molar-refractivity contribution in [3.8, 4) is 0 Å². The molecule has 0 aromatic rings. The molecule has 0 aliphatic heterocycles. The first-order valence-corrected chi connectivity index (χ1v) is 12.3. The Morgan fingerprint density at radius 2 is 1.78 bits per heavy atom. The van der Waals surface area contributed by atoms with E-state index in [1.807, 2.05) is 6.92 Å². The van der Waals surface area contributed by atoms with Gasteiger partial charge in [0.1, 0.15) is 5.60 Å². The van der Waals surface area contributed by atoms with Gasteiger partial charge in [-0.25, -0.2) is 0 Å². The van der Waals surface area contributed by atoms with Crippen LogP contribution in [0.3, 0.4) is 0 Å². The highest BCUT2D eigenvalue weighted by Crippen LogP contribution is 2.68. The Labute approximate surface area is 190 Å². The molecule has 3 N–H and O–H groups in total. The predicted octanol–water partition coefficient (Wildman–Crippen LogP) is 2.37. The number of ketones is 1. The van der Waals surface area contributed by atoms with Crippen molar-refractivity contribution in [1.82, 2.24) is 5.32 Å². The van der Waals surface area contributed by atoms with Gasteiger partial charge in [0.2, 0.25) is 11.7 Å². The summed E-state index contributed by atoms with van der Waals surface area (Å²) < 4.78 is 4.92. The van der Waals surface area contributed by atoms with Crippen molar-refractivity contribution in [3.63, 3.8) is 0 Å². The lowest BCUT2D eigenvalue weighted by Gasteiger charge is -2.63. The second kappa shape index (κ2) is 8.08. The van der Waals surface area contributed by atoms with Gasteiger partial charge in [-0.15, -0.1) is 0 Å². The largest absolute Gasteiger partial charge is 0.458 e. The van der Waals surface area contributed by atoms with Gasteiger partial charge in [0.15, 0.2) is 6.61 Å². The van der Waals surface area contributed by atoms with Gasteiger partial charge < -0.3 is 20.3 Å². The van der Waals surface area contributed by atoms with Crippen LogP contribution in [0.5, 0.6) is 0 Å². The minimum absolute atomic E-state index is 0.00108. The summed E-state index contributed by atoms with van der Waals surface area (Å²) in [6.45, 7) is 6.68. The van der Waals surface area contributed by atoms with Crippen LogP contribution in [-0.2, 0) is 19.1 Å². The van der Waals surface area contributed by atoms with Gasteiger partial charge in [0, 0.05) is 25.3 Å². The third kappa shape index (κ3) is 3.51. The maximum Gasteiger partial charge on any atom is 0.303 e. The van der Waals surface area contributed by atoms with Crippen LogP contribution in [0.4, 0.5) is 0 Å². The monoisotopic (exact) mass is 449 g/mol. The van der Waals surface area contributed by atoms with Gasteiger partial charge in [-0.3, -0.25) is 14.4 Å². The minimum Gasteiger partial charge on any atom is -0.458 e. The summed E-state index contributed by atoms with van der Waals surface area (Å²) in [7, 11) is 0. The topological polar surface area (TPSA) is 113 Å². The number of nitrogens with one attached hydrogen (secondary N) is 1. The van der Waals surface area contributed by atoms with E-state index in [1.165, 1.54) is 6.92 Å². The summed E-state index contributed by atoms with van der Waals surface area (Å²) in [5.41, 5.74) is -2.29. The fourth-order valence-corrected chi connectivity index (χ4v) is 8.55. The number of amides is 1. The van der Waals surface area contributed by atoms with Crippen molar-refractivity contribution in [2.24, 2.45) is 34.5 Å². The number of carbonyl (C=O) groups excluding carboxylic acids is 3. The molecule has 0 saturated heterocycles. The van der Waals surface area contributed by atoms with Crippen molar-refractivity contribution in [3.05, 3.63) is 0 Å². The standard InChI is InChI=1S/C25H39NO6/c1-14(27)26-17-7-9-23(3)16(11-17)5-6-18-19-8-10-25(31,21(30)13-32-15(2)28)24(19,4)12-20(29)22(18)23/h16-20,22,29,31H,5-13H2,1-4H3,(H,26,27)/t16?,17-,18?,19?,20?,22?,23-,24-,25-/m0/s1. The lowest BCUT2D eigenvalue weighted by Crippen LogP contribution is -2.63. The smallest absolute Gasteiger partial charge is 0.303 e. The second-order valence-electron chi connectivity index (χ2n) is 11.5. The Bertz CT molecular complexity index is 799. The zero-order valence-corrected chi connectivity index (χ0v) is 19.9. The highest BCUT2D eigenvalue weighted by Gasteiger charge is 2.68. The van der Waals surface area contributed by atoms with Crippen LogP contribution in [0.1, 0.15) is 79.1 Å². The lowest BCUT2D eigenvalue weighted by molar-refractivity contribution is -0.200. The molecule has 0 aromatic heterocycles. The molecule has 4 aliphatic carbocycles. The van der Waals surface area contributed by atoms with E-state index in [9.17, 15) is 24.6 Å². The van der Waals surface area contributed by atoms with E-state index >= 15 is 0 Å². The third-order valence-electron chi connectivity index (χ3n) is 10.0. The van der Waals surface area contributed by atoms with E-state index in [2.05, 4.69) is 12.2 Å². The van der Waals surface area contributed by atoms with E-state index in [0.29, 0.717) is 18.8 Å². The Kier molecular flexibility index (Phi) is 5.98. The number of hydrogen-bond acceptors (Lipinski definition) is 6. The number of esters is 1. The molecule has 0 radical (unpaired) electrons. The van der Waals surface area contributed by atoms with E-state index in [1.54, 1.807) is 6.92 Å². The highest BCUT2D eigenvalue weighted by molar-refractivity contribution is 5.91. The first kappa shape index (κ1) is 23.7. The van der Waals surface area contributed by atoms with Crippen molar-refractivity contribution >= 4 is 17.7 Å². The molecule has 0 aromatic carbocycles. The summed E-state index contributed by atoms with van der Waals surface area (Å²) in [6.07, 6.45) is 5.79. The number of ether oxygens (including phenoxy) is 1. The van der Waals surface area contributed by atoms with Gasteiger partial charge in [-0.05, 0) is 80.5 Å². The van der Waals surface area contributed by atoms with Crippen LogP contribution in [0.2, 0.25) is 0 Å². The Balaban J connectivity index is 1.57. The van der Waals surface area contributed by atoms with E-state index in [4.69, 9.17) is 4.74 Å². The molecule has 7 heteroatoms. The molecule has 180 valence electrons. The minimum atomic E-state index is -1.57. The molecule has 1 amide bonds. The van der Waals surface area contributed by atoms with Crippen molar-refractivity contribution in [2.45, 2.75) is 96.8 Å². The summed E-state index contributed by atoms with van der Waals surface area (Å²) in [4.78, 5) is 35.7. The van der Waals surface area contributed by atoms with Crippen LogP contribution >= 0.6 is 0 Å². The Morgan fingerprint density at radius 1 is 1.06 bits per heavy atom. The molecule has 0 heterocycles. The van der Waals surface area contributed by atoms with Crippen LogP contribution in [-0.4, -0.2) is 52.2 Å². The summed E-state index contributed by atoms with van der Waals surface area (Å²) in [6, 6.07) is 0.212. The quantitative estimate of drug-likeness (QED) is 0.568. The van der Waals surface area contributed by atoms with Gasteiger partial charge in [-0.2, -0.15) is 0 Å². The van der Waals surface area contributed by atoms with Crippen LogP contribution in [0.15, 0.2) is 0 Å². The number of fused-ring (bicyclic) bond motifs is 5. The maximum absolute atomic E-state index is 13.0. The van der Waals surface area contributed by atoms with E-state index < -0.39 is 35.5 Å². The molecule has 9 atom stereocenters. The SMILES string of the molecule is CC(=O)N[C@H]1CC[C@@]2(C)C(CCC3C2C(O)C[C@@]2(C)C3CC[C@]2(O)C(=O)COC(C)=O)C1.